The molecule has 0 spiro atoms. The summed E-state index contributed by atoms with van der Waals surface area (Å²) in [7, 11) is 0. The second-order valence-electron chi connectivity index (χ2n) is 5.21. The van der Waals surface area contributed by atoms with Crippen molar-refractivity contribution in [3.05, 3.63) is 33.9 Å². The van der Waals surface area contributed by atoms with Crippen LogP contribution in [0.1, 0.15) is 31.1 Å². The lowest BCUT2D eigenvalue weighted by molar-refractivity contribution is -0.384. The maximum absolute atomic E-state index is 10.9. The third-order valence-corrected chi connectivity index (χ3v) is 2.25. The number of hydrogen-bond acceptors (Lipinski definition) is 4. The predicted octanol–water partition coefficient (Wildman–Crippen LogP) is 2.75. The van der Waals surface area contributed by atoms with Crippen LogP contribution in [0.15, 0.2) is 18.2 Å². The molecule has 0 fully saturated rings. The lowest BCUT2D eigenvalue weighted by Gasteiger charge is -2.19. The summed E-state index contributed by atoms with van der Waals surface area (Å²) in [4.78, 5) is 21.1. The average Bonchev–Trinajstić information content (AvgIpc) is 2.24. The topological polar surface area (TPSA) is 92.5 Å². The summed E-state index contributed by atoms with van der Waals surface area (Å²) in [6, 6.07) is 3.83. The quantitative estimate of drug-likeness (QED) is 0.635. The molecule has 6 nitrogen and oxygen atoms in total. The molecule has 1 rings (SSSR count). The van der Waals surface area contributed by atoms with Crippen molar-refractivity contribution in [1.29, 1.82) is 0 Å². The van der Waals surface area contributed by atoms with Crippen LogP contribution in [0.2, 0.25) is 0 Å². The summed E-state index contributed by atoms with van der Waals surface area (Å²) in [5.41, 5.74) is -0.0126. The van der Waals surface area contributed by atoms with Crippen molar-refractivity contribution in [2.24, 2.45) is 5.41 Å². The molecule has 0 aliphatic heterocycles. The Hall–Kier alpha value is -2.11. The van der Waals surface area contributed by atoms with Crippen LogP contribution in [0.3, 0.4) is 0 Å². The second kappa shape index (κ2) is 5.03. The smallest absolute Gasteiger partial charge is 0.335 e. The number of carboxylic acid groups (broad SMARTS) is 1. The fraction of sp³-hybridized carbons (Fsp3) is 0.417. The molecule has 0 saturated carbocycles. The van der Waals surface area contributed by atoms with E-state index in [1.54, 1.807) is 0 Å². The number of anilines is 1. The maximum atomic E-state index is 10.9. The van der Waals surface area contributed by atoms with E-state index in [0.29, 0.717) is 12.2 Å². The number of carboxylic acids is 1. The van der Waals surface area contributed by atoms with E-state index in [-0.39, 0.29) is 16.7 Å². The third-order valence-electron chi connectivity index (χ3n) is 2.25. The van der Waals surface area contributed by atoms with Crippen LogP contribution in [0.5, 0.6) is 0 Å². The number of hydrogen-bond donors (Lipinski definition) is 2. The van der Waals surface area contributed by atoms with Gasteiger partial charge in [-0.15, -0.1) is 0 Å². The zero-order chi connectivity index (χ0) is 13.9. The van der Waals surface area contributed by atoms with Gasteiger partial charge in [0, 0.05) is 12.6 Å². The van der Waals surface area contributed by atoms with E-state index in [9.17, 15) is 14.9 Å². The summed E-state index contributed by atoms with van der Waals surface area (Å²) in [5, 5.41) is 22.7. The molecule has 0 amide bonds. The minimum Gasteiger partial charge on any atom is -0.478 e. The second-order valence-corrected chi connectivity index (χ2v) is 5.21. The van der Waals surface area contributed by atoms with Crippen molar-refractivity contribution < 1.29 is 14.8 Å². The van der Waals surface area contributed by atoms with Crippen LogP contribution in [0.4, 0.5) is 11.4 Å². The SMILES string of the molecule is CC(C)(C)CNc1ccc(C(=O)O)cc1[N+](=O)[O-]. The molecule has 0 saturated heterocycles. The molecular formula is C12H16N2O4. The van der Waals surface area contributed by atoms with E-state index < -0.39 is 10.9 Å². The van der Waals surface area contributed by atoms with E-state index in [1.165, 1.54) is 12.1 Å². The standard InChI is InChI=1S/C12H16N2O4/c1-12(2,3)7-13-9-5-4-8(11(15)16)6-10(9)14(17)18/h4-6,13H,7H2,1-3H3,(H,15,16). The molecule has 0 aliphatic rings. The zero-order valence-electron chi connectivity index (χ0n) is 10.6. The Balaban J connectivity index is 3.05. The zero-order valence-corrected chi connectivity index (χ0v) is 10.6. The van der Waals surface area contributed by atoms with Crippen molar-refractivity contribution in [2.45, 2.75) is 20.8 Å². The molecular weight excluding hydrogens is 236 g/mol. The first-order valence-electron chi connectivity index (χ1n) is 5.46. The van der Waals surface area contributed by atoms with Crippen LogP contribution in [-0.4, -0.2) is 22.5 Å². The molecule has 0 aliphatic carbocycles. The van der Waals surface area contributed by atoms with Gasteiger partial charge >= 0.3 is 5.97 Å². The van der Waals surface area contributed by atoms with Crippen molar-refractivity contribution in [2.75, 3.05) is 11.9 Å². The summed E-state index contributed by atoms with van der Waals surface area (Å²) in [6.45, 7) is 6.55. The first-order valence-corrected chi connectivity index (χ1v) is 5.46. The van der Waals surface area contributed by atoms with Gasteiger partial charge in [-0.2, -0.15) is 0 Å². The fourth-order valence-corrected chi connectivity index (χ4v) is 1.33. The van der Waals surface area contributed by atoms with E-state index in [2.05, 4.69) is 5.32 Å². The van der Waals surface area contributed by atoms with Crippen molar-refractivity contribution in [1.82, 2.24) is 0 Å². The van der Waals surface area contributed by atoms with Gasteiger partial charge in [-0.1, -0.05) is 20.8 Å². The molecule has 2 N–H and O–H groups in total. The van der Waals surface area contributed by atoms with Gasteiger partial charge in [-0.3, -0.25) is 10.1 Å². The summed E-state index contributed by atoms with van der Waals surface area (Å²) < 4.78 is 0. The van der Waals surface area contributed by atoms with Crippen molar-refractivity contribution in [3.8, 4) is 0 Å². The van der Waals surface area contributed by atoms with Crippen LogP contribution < -0.4 is 5.32 Å². The predicted molar refractivity (Wildman–Crippen MR) is 68.0 cm³/mol. The van der Waals surface area contributed by atoms with E-state index in [0.717, 1.165) is 6.07 Å². The maximum Gasteiger partial charge on any atom is 0.335 e. The molecule has 0 atom stereocenters. The fourth-order valence-electron chi connectivity index (χ4n) is 1.33. The summed E-state index contributed by atoms with van der Waals surface area (Å²) in [5.74, 6) is -1.18. The van der Waals surface area contributed by atoms with Crippen molar-refractivity contribution >= 4 is 17.3 Å². The number of nitro benzene ring substituents is 1. The molecule has 18 heavy (non-hydrogen) atoms. The van der Waals surface area contributed by atoms with Gasteiger partial charge in [-0.05, 0) is 17.5 Å². The Morgan fingerprint density at radius 2 is 2.06 bits per heavy atom. The number of aromatic carboxylic acids is 1. The first kappa shape index (κ1) is 14.0. The minimum absolute atomic E-state index is 0.0284. The average molecular weight is 252 g/mol. The Labute approximate surface area is 105 Å². The van der Waals surface area contributed by atoms with Crippen LogP contribution >= 0.6 is 0 Å². The lowest BCUT2D eigenvalue weighted by atomic mass is 9.97. The number of benzene rings is 1. The largest absolute Gasteiger partial charge is 0.478 e. The molecule has 0 aromatic heterocycles. The Morgan fingerprint density at radius 1 is 1.44 bits per heavy atom. The van der Waals surface area contributed by atoms with Gasteiger partial charge in [0.15, 0.2) is 0 Å². The number of nitrogens with zero attached hydrogens (tertiary/aromatic N) is 1. The highest BCUT2D eigenvalue weighted by atomic mass is 16.6. The normalized spacial score (nSPS) is 11.1. The Morgan fingerprint density at radius 3 is 2.50 bits per heavy atom. The molecule has 6 heteroatoms. The van der Waals surface area contributed by atoms with Gasteiger partial charge in [0.2, 0.25) is 0 Å². The van der Waals surface area contributed by atoms with Crippen LogP contribution in [0.25, 0.3) is 0 Å². The molecule has 98 valence electrons. The highest BCUT2D eigenvalue weighted by Gasteiger charge is 2.18. The number of carbonyl (C=O) groups is 1. The molecule has 0 radical (unpaired) electrons. The van der Waals surface area contributed by atoms with Gasteiger partial charge in [0.05, 0.1) is 10.5 Å². The van der Waals surface area contributed by atoms with Gasteiger partial charge in [0.25, 0.3) is 5.69 Å². The van der Waals surface area contributed by atoms with Gasteiger partial charge in [0.1, 0.15) is 5.69 Å². The highest BCUT2D eigenvalue weighted by molar-refractivity contribution is 5.89. The van der Waals surface area contributed by atoms with Crippen LogP contribution in [0, 0.1) is 15.5 Å². The van der Waals surface area contributed by atoms with E-state index in [4.69, 9.17) is 5.11 Å². The van der Waals surface area contributed by atoms with E-state index in [1.807, 2.05) is 20.8 Å². The Kier molecular flexibility index (Phi) is 3.90. The summed E-state index contributed by atoms with van der Waals surface area (Å²) in [6.07, 6.45) is 0. The van der Waals surface area contributed by atoms with Crippen LogP contribution in [-0.2, 0) is 0 Å². The molecule has 1 aromatic rings. The molecule has 0 bridgehead atoms. The van der Waals surface area contributed by atoms with Gasteiger partial charge < -0.3 is 10.4 Å². The van der Waals surface area contributed by atoms with E-state index >= 15 is 0 Å². The lowest BCUT2D eigenvalue weighted by Crippen LogP contribution is -2.19. The molecule has 1 aromatic carbocycles. The number of nitrogens with one attached hydrogen (secondary N) is 1. The monoisotopic (exact) mass is 252 g/mol. The molecule has 0 heterocycles. The third kappa shape index (κ3) is 3.73. The van der Waals surface area contributed by atoms with Crippen molar-refractivity contribution in [3.63, 3.8) is 0 Å². The Bertz CT molecular complexity index is 477. The first-order chi connectivity index (χ1) is 8.20. The minimum atomic E-state index is -1.18. The number of rotatable bonds is 4. The summed E-state index contributed by atoms with van der Waals surface area (Å²) >= 11 is 0. The van der Waals surface area contributed by atoms with Gasteiger partial charge in [-0.25, -0.2) is 4.79 Å². The number of nitro groups is 1. The highest BCUT2D eigenvalue weighted by Crippen LogP contribution is 2.27. The molecule has 0 unspecified atom stereocenters.